The molecule has 2 aromatic rings. The molecule has 30 heavy (non-hydrogen) atoms. The number of nitrogens with zero attached hydrogens (tertiary/aromatic N) is 2. The summed E-state index contributed by atoms with van der Waals surface area (Å²) in [5.74, 6) is 1.10. The monoisotopic (exact) mass is 409 g/mol. The third-order valence-corrected chi connectivity index (χ3v) is 6.67. The third-order valence-electron chi connectivity index (χ3n) is 6.67. The van der Waals surface area contributed by atoms with Crippen LogP contribution in [0.15, 0.2) is 28.8 Å². The zero-order valence-corrected chi connectivity index (χ0v) is 17.5. The van der Waals surface area contributed by atoms with Crippen LogP contribution in [-0.2, 0) is 4.79 Å². The van der Waals surface area contributed by atoms with Gasteiger partial charge in [-0.3, -0.25) is 4.79 Å². The van der Waals surface area contributed by atoms with E-state index in [0.717, 1.165) is 50.6 Å². The number of benzene rings is 1. The number of aromatic nitrogens is 1. The molecule has 1 aromatic carbocycles. The van der Waals surface area contributed by atoms with Crippen molar-refractivity contribution in [1.82, 2.24) is 15.8 Å². The molecule has 3 N–H and O–H groups in total. The van der Waals surface area contributed by atoms with Gasteiger partial charge >= 0.3 is 0 Å². The van der Waals surface area contributed by atoms with Crippen molar-refractivity contribution in [1.29, 1.82) is 5.26 Å². The van der Waals surface area contributed by atoms with E-state index in [0.29, 0.717) is 23.7 Å². The normalized spacial score (nSPS) is 20.4. The fraction of sp³-hybridized carbons (Fsp3) is 0.609. The Morgan fingerprint density at radius 1 is 1.27 bits per heavy atom. The number of para-hydroxylation sites is 1. The maximum Gasteiger partial charge on any atom is 0.243 e. The van der Waals surface area contributed by atoms with Gasteiger partial charge in [0.2, 0.25) is 5.91 Å². The number of carbonyl (C=O) groups is 1. The Morgan fingerprint density at radius 2 is 2.03 bits per heavy atom. The summed E-state index contributed by atoms with van der Waals surface area (Å²) in [6.07, 6.45) is 8.73. The molecule has 4 rings (SSSR count). The van der Waals surface area contributed by atoms with Crippen molar-refractivity contribution < 1.29 is 9.32 Å². The molecule has 7 nitrogen and oxygen atoms in total. The summed E-state index contributed by atoms with van der Waals surface area (Å²) in [7, 11) is 0. The quantitative estimate of drug-likeness (QED) is 0.644. The molecule has 0 spiro atoms. The van der Waals surface area contributed by atoms with E-state index in [1.54, 1.807) is 0 Å². The van der Waals surface area contributed by atoms with Crippen molar-refractivity contribution in [2.24, 2.45) is 5.92 Å². The summed E-state index contributed by atoms with van der Waals surface area (Å²) >= 11 is 0. The number of piperidine rings is 1. The minimum Gasteiger partial charge on any atom is -0.355 e. The largest absolute Gasteiger partial charge is 0.355 e. The molecule has 2 fully saturated rings. The van der Waals surface area contributed by atoms with Gasteiger partial charge in [0.25, 0.3) is 0 Å². The fourth-order valence-electron chi connectivity index (χ4n) is 4.89. The molecule has 2 heterocycles. The number of hydrogen-bond acceptors (Lipinski definition) is 6. The zero-order valence-electron chi connectivity index (χ0n) is 17.5. The highest BCUT2D eigenvalue weighted by molar-refractivity contribution is 5.91. The Kier molecular flexibility index (Phi) is 6.53. The number of nitrogens with one attached hydrogen (secondary N) is 3. The Bertz CT molecular complexity index is 890. The van der Waals surface area contributed by atoms with Crippen molar-refractivity contribution in [3.8, 4) is 6.07 Å². The lowest BCUT2D eigenvalue weighted by molar-refractivity contribution is -0.124. The zero-order chi connectivity index (χ0) is 20.8. The van der Waals surface area contributed by atoms with E-state index in [4.69, 9.17) is 4.52 Å². The number of nitriles is 1. The van der Waals surface area contributed by atoms with Crippen LogP contribution in [0.1, 0.15) is 57.8 Å². The summed E-state index contributed by atoms with van der Waals surface area (Å²) in [4.78, 5) is 13.5. The standard InChI is InChI=1S/C23H31N5O2/c24-13-10-23(11-14-25-15-12-23)27-22(29)19(16-17-6-2-1-3-7-17)26-21-18-8-4-5-9-20(18)30-28-21/h4-5,8-9,17,19,25H,1-3,6-7,10-12,14-16H2,(H,26,28)(H,27,29). The van der Waals surface area contributed by atoms with E-state index < -0.39 is 11.6 Å². The average molecular weight is 410 g/mol. The van der Waals surface area contributed by atoms with E-state index in [1.807, 2.05) is 24.3 Å². The van der Waals surface area contributed by atoms with Crippen LogP contribution in [0.4, 0.5) is 5.82 Å². The van der Waals surface area contributed by atoms with Gasteiger partial charge in [0.05, 0.1) is 23.4 Å². The summed E-state index contributed by atoms with van der Waals surface area (Å²) in [5.41, 5.74) is 0.256. The van der Waals surface area contributed by atoms with Crippen LogP contribution in [0.5, 0.6) is 0 Å². The van der Waals surface area contributed by atoms with Crippen molar-refractivity contribution in [3.05, 3.63) is 24.3 Å². The predicted octanol–water partition coefficient (Wildman–Crippen LogP) is 3.73. The number of anilines is 1. The fourth-order valence-corrected chi connectivity index (χ4v) is 4.89. The van der Waals surface area contributed by atoms with Crippen molar-refractivity contribution in [3.63, 3.8) is 0 Å². The first-order valence-corrected chi connectivity index (χ1v) is 11.2. The molecule has 1 aromatic heterocycles. The molecule has 1 aliphatic heterocycles. The van der Waals surface area contributed by atoms with Crippen LogP contribution in [0.2, 0.25) is 0 Å². The highest BCUT2D eigenvalue weighted by atomic mass is 16.5. The molecule has 2 aliphatic rings. The molecule has 1 unspecified atom stereocenters. The minimum atomic E-state index is -0.449. The second kappa shape index (κ2) is 9.48. The van der Waals surface area contributed by atoms with Crippen LogP contribution in [0.3, 0.4) is 0 Å². The van der Waals surface area contributed by atoms with Gasteiger partial charge in [-0.2, -0.15) is 5.26 Å². The van der Waals surface area contributed by atoms with Gasteiger partial charge in [-0.05, 0) is 50.4 Å². The predicted molar refractivity (Wildman–Crippen MR) is 116 cm³/mol. The van der Waals surface area contributed by atoms with Crippen LogP contribution in [0, 0.1) is 17.2 Å². The number of carbonyl (C=O) groups excluding carboxylic acids is 1. The van der Waals surface area contributed by atoms with Gasteiger partial charge in [0.15, 0.2) is 11.4 Å². The molecule has 1 saturated carbocycles. The SMILES string of the molecule is N#CCC1(NC(=O)C(CC2CCCCC2)Nc2noc3ccccc23)CCNCC1. The summed E-state index contributed by atoms with van der Waals surface area (Å²) in [6.45, 7) is 1.63. The summed E-state index contributed by atoms with van der Waals surface area (Å²) in [6, 6.07) is 9.57. The topological polar surface area (TPSA) is 103 Å². The molecule has 0 radical (unpaired) electrons. The van der Waals surface area contributed by atoms with Crippen LogP contribution in [0.25, 0.3) is 11.0 Å². The number of fused-ring (bicyclic) bond motifs is 1. The first kappa shape index (κ1) is 20.7. The smallest absolute Gasteiger partial charge is 0.243 e. The average Bonchev–Trinajstić information content (AvgIpc) is 3.18. The van der Waals surface area contributed by atoms with Crippen LogP contribution >= 0.6 is 0 Å². The second-order valence-electron chi connectivity index (χ2n) is 8.82. The van der Waals surface area contributed by atoms with Gasteiger partial charge in [-0.25, -0.2) is 0 Å². The van der Waals surface area contributed by atoms with E-state index in [9.17, 15) is 10.1 Å². The Balaban J connectivity index is 1.54. The van der Waals surface area contributed by atoms with Gasteiger partial charge in [0.1, 0.15) is 6.04 Å². The van der Waals surface area contributed by atoms with Gasteiger partial charge in [0, 0.05) is 0 Å². The van der Waals surface area contributed by atoms with Crippen LogP contribution < -0.4 is 16.0 Å². The minimum absolute atomic E-state index is 0.0372. The Morgan fingerprint density at radius 3 is 2.80 bits per heavy atom. The van der Waals surface area contributed by atoms with E-state index in [1.165, 1.54) is 19.3 Å². The first-order valence-electron chi connectivity index (χ1n) is 11.2. The van der Waals surface area contributed by atoms with Crippen molar-refractivity contribution in [2.75, 3.05) is 18.4 Å². The number of rotatable bonds is 7. The molecule has 160 valence electrons. The lowest BCUT2D eigenvalue weighted by atomic mass is 9.83. The molecule has 1 amide bonds. The maximum absolute atomic E-state index is 13.5. The molecule has 0 bridgehead atoms. The van der Waals surface area contributed by atoms with E-state index >= 15 is 0 Å². The third kappa shape index (κ3) is 4.76. The maximum atomic E-state index is 13.5. The molecule has 1 aliphatic carbocycles. The highest BCUT2D eigenvalue weighted by Crippen LogP contribution is 2.30. The summed E-state index contributed by atoms with van der Waals surface area (Å²) < 4.78 is 5.43. The molecule has 7 heteroatoms. The lowest BCUT2D eigenvalue weighted by Crippen LogP contribution is -2.57. The lowest BCUT2D eigenvalue weighted by Gasteiger charge is -2.38. The first-order chi connectivity index (χ1) is 14.7. The molecular weight excluding hydrogens is 378 g/mol. The number of amides is 1. The second-order valence-corrected chi connectivity index (χ2v) is 8.82. The van der Waals surface area contributed by atoms with E-state index in [-0.39, 0.29) is 5.91 Å². The Labute approximate surface area is 177 Å². The van der Waals surface area contributed by atoms with Gasteiger partial charge < -0.3 is 20.5 Å². The molecule has 1 atom stereocenters. The molecule has 1 saturated heterocycles. The van der Waals surface area contributed by atoms with Gasteiger partial charge in [-0.1, -0.05) is 49.4 Å². The van der Waals surface area contributed by atoms with E-state index in [2.05, 4.69) is 27.2 Å². The Hall–Kier alpha value is -2.59. The number of hydrogen-bond donors (Lipinski definition) is 3. The summed E-state index contributed by atoms with van der Waals surface area (Å²) in [5, 5.41) is 24.4. The van der Waals surface area contributed by atoms with Gasteiger partial charge in [-0.15, -0.1) is 0 Å². The molecular formula is C23H31N5O2. The highest BCUT2D eigenvalue weighted by Gasteiger charge is 2.36. The van der Waals surface area contributed by atoms with Crippen molar-refractivity contribution in [2.45, 2.75) is 69.4 Å². The van der Waals surface area contributed by atoms with Crippen LogP contribution in [-0.4, -0.2) is 35.7 Å². The van der Waals surface area contributed by atoms with Crippen molar-refractivity contribution >= 4 is 22.7 Å².